The highest BCUT2D eigenvalue weighted by molar-refractivity contribution is 5.86. The fourth-order valence-corrected chi connectivity index (χ4v) is 4.52. The molecule has 0 saturated heterocycles. The van der Waals surface area contributed by atoms with Crippen LogP contribution in [0.4, 0.5) is 22.0 Å². The van der Waals surface area contributed by atoms with Crippen molar-refractivity contribution >= 4 is 5.97 Å². The zero-order valence-electron chi connectivity index (χ0n) is 23.4. The molecule has 0 N–H and O–H groups in total. The average Bonchev–Trinajstić information content (AvgIpc) is 2.88. The lowest BCUT2D eigenvalue weighted by Crippen LogP contribution is -2.50. The van der Waals surface area contributed by atoms with Crippen molar-refractivity contribution in [3.63, 3.8) is 0 Å². The molecule has 0 heterocycles. The summed E-state index contributed by atoms with van der Waals surface area (Å²) in [6, 6.07) is 0. The van der Waals surface area contributed by atoms with Gasteiger partial charge in [0.1, 0.15) is 0 Å². The Kier molecular flexibility index (Phi) is 19.4. The van der Waals surface area contributed by atoms with Crippen LogP contribution >= 0.6 is 0 Å². The lowest BCUT2D eigenvalue weighted by molar-refractivity contribution is -0.929. The topological polar surface area (TPSA) is 40.1 Å². The van der Waals surface area contributed by atoms with E-state index in [0.29, 0.717) is 0 Å². The lowest BCUT2D eigenvalue weighted by atomic mass is 10.1. The zero-order valence-corrected chi connectivity index (χ0v) is 23.4. The van der Waals surface area contributed by atoms with Crippen molar-refractivity contribution < 1.29 is 36.3 Å². The Morgan fingerprint density at radius 2 is 0.811 bits per heavy atom. The number of quaternary nitrogens is 1. The van der Waals surface area contributed by atoms with E-state index < -0.39 is 40.6 Å². The number of carboxylic acids is 1. The molecule has 0 saturated carbocycles. The summed E-state index contributed by atoms with van der Waals surface area (Å²) < 4.78 is 63.4. The Morgan fingerprint density at radius 1 is 0.514 bits per heavy atom. The van der Waals surface area contributed by atoms with Gasteiger partial charge >= 0.3 is 0 Å². The van der Waals surface area contributed by atoms with E-state index in [2.05, 4.69) is 27.7 Å². The number of nitrogens with zero attached hydrogens (tertiary/aromatic N) is 1. The molecular formula is C29H48F5NO2. The standard InChI is InChI=1S/C22H48N.C7HF5O2/c1-5-9-13-14-15-16-17-18-22-23(19-10-6-2,20-11-7-3)21-12-8-4;8-2-1(7(13)14)3(9)5(11)6(12)4(2)10/h5-22H2,1-4H3;(H,13,14)/q+1;/p-1. The number of rotatable bonds is 19. The molecule has 0 atom stereocenters. The van der Waals surface area contributed by atoms with E-state index in [-0.39, 0.29) is 0 Å². The summed E-state index contributed by atoms with van der Waals surface area (Å²) in [6.07, 6.45) is 19.9. The van der Waals surface area contributed by atoms with Crippen LogP contribution in [0.5, 0.6) is 0 Å². The number of halogens is 5. The molecule has 0 aromatic heterocycles. The van der Waals surface area contributed by atoms with Gasteiger partial charge in [-0.3, -0.25) is 0 Å². The van der Waals surface area contributed by atoms with Crippen LogP contribution in [0.15, 0.2) is 0 Å². The molecule has 0 spiro atoms. The molecule has 0 aliphatic carbocycles. The molecule has 1 aromatic rings. The molecule has 8 heteroatoms. The van der Waals surface area contributed by atoms with Gasteiger partial charge in [0.15, 0.2) is 23.3 Å². The zero-order chi connectivity index (χ0) is 28.3. The van der Waals surface area contributed by atoms with Gasteiger partial charge in [0.25, 0.3) is 0 Å². The van der Waals surface area contributed by atoms with Gasteiger partial charge in [-0.1, -0.05) is 85.5 Å². The van der Waals surface area contributed by atoms with E-state index in [0.717, 1.165) is 0 Å². The molecular weight excluding hydrogens is 489 g/mol. The monoisotopic (exact) mass is 537 g/mol. The first-order valence-electron chi connectivity index (χ1n) is 14.2. The summed E-state index contributed by atoms with van der Waals surface area (Å²) in [4.78, 5) is 10.0. The number of hydrogen-bond donors (Lipinski definition) is 0. The Morgan fingerprint density at radius 3 is 1.16 bits per heavy atom. The molecule has 1 aromatic carbocycles. The van der Waals surface area contributed by atoms with E-state index in [4.69, 9.17) is 0 Å². The number of carboxylic acid groups (broad SMARTS) is 1. The van der Waals surface area contributed by atoms with Gasteiger partial charge < -0.3 is 14.4 Å². The van der Waals surface area contributed by atoms with Crippen LogP contribution in [0.25, 0.3) is 0 Å². The molecule has 0 bridgehead atoms. The maximum Gasteiger partial charge on any atom is 0.200 e. The highest BCUT2D eigenvalue weighted by Crippen LogP contribution is 2.22. The Hall–Kier alpha value is -1.70. The predicted molar refractivity (Wildman–Crippen MR) is 138 cm³/mol. The smallest absolute Gasteiger partial charge is 0.200 e. The van der Waals surface area contributed by atoms with E-state index in [9.17, 15) is 31.9 Å². The van der Waals surface area contributed by atoms with E-state index in [1.807, 2.05) is 0 Å². The Labute approximate surface area is 221 Å². The molecule has 216 valence electrons. The fraction of sp³-hybridized carbons (Fsp3) is 0.759. The normalized spacial score (nSPS) is 11.4. The predicted octanol–water partition coefficient (Wildman–Crippen LogP) is 8.09. The van der Waals surface area contributed by atoms with Crippen molar-refractivity contribution in [2.45, 2.75) is 118 Å². The molecule has 0 fully saturated rings. The maximum absolute atomic E-state index is 12.5. The molecule has 0 radical (unpaired) electrons. The van der Waals surface area contributed by atoms with Crippen molar-refractivity contribution in [2.75, 3.05) is 26.2 Å². The first-order valence-corrected chi connectivity index (χ1v) is 14.2. The molecule has 0 aliphatic heterocycles. The first kappa shape index (κ1) is 35.3. The maximum atomic E-state index is 12.5. The third-order valence-electron chi connectivity index (χ3n) is 6.86. The van der Waals surface area contributed by atoms with Crippen LogP contribution in [0.2, 0.25) is 0 Å². The minimum Gasteiger partial charge on any atom is -0.545 e. The largest absolute Gasteiger partial charge is 0.545 e. The van der Waals surface area contributed by atoms with Gasteiger partial charge in [0, 0.05) is 0 Å². The number of carbonyl (C=O) groups excluding carboxylic acids is 1. The van der Waals surface area contributed by atoms with E-state index >= 15 is 0 Å². The van der Waals surface area contributed by atoms with Gasteiger partial charge in [0.05, 0.1) is 37.7 Å². The second kappa shape index (κ2) is 20.3. The molecule has 3 nitrogen and oxygen atoms in total. The second-order valence-corrected chi connectivity index (χ2v) is 10.0. The first-order chi connectivity index (χ1) is 17.6. The van der Waals surface area contributed by atoms with Gasteiger partial charge in [-0.2, -0.15) is 0 Å². The van der Waals surface area contributed by atoms with Crippen molar-refractivity contribution in [1.29, 1.82) is 0 Å². The van der Waals surface area contributed by atoms with Crippen LogP contribution < -0.4 is 5.11 Å². The van der Waals surface area contributed by atoms with E-state index in [1.165, 1.54) is 121 Å². The van der Waals surface area contributed by atoms with Gasteiger partial charge in [0.2, 0.25) is 5.82 Å². The minimum atomic E-state index is -2.47. The van der Waals surface area contributed by atoms with Gasteiger partial charge in [-0.15, -0.1) is 0 Å². The van der Waals surface area contributed by atoms with E-state index in [1.54, 1.807) is 0 Å². The summed E-state index contributed by atoms with van der Waals surface area (Å²) >= 11 is 0. The van der Waals surface area contributed by atoms with Crippen LogP contribution in [-0.4, -0.2) is 36.6 Å². The number of carbonyl (C=O) groups is 1. The van der Waals surface area contributed by atoms with Crippen molar-refractivity contribution in [3.05, 3.63) is 34.6 Å². The summed E-state index contributed by atoms with van der Waals surface area (Å²) in [6.45, 7) is 15.1. The molecule has 0 aliphatic rings. The highest BCUT2D eigenvalue weighted by atomic mass is 19.2. The fourth-order valence-electron chi connectivity index (χ4n) is 4.52. The molecule has 37 heavy (non-hydrogen) atoms. The number of unbranched alkanes of at least 4 members (excludes halogenated alkanes) is 10. The summed E-state index contributed by atoms with van der Waals surface area (Å²) in [5, 5.41) is 10.0. The molecule has 0 amide bonds. The lowest BCUT2D eigenvalue weighted by Gasteiger charge is -2.39. The van der Waals surface area contributed by atoms with Gasteiger partial charge in [-0.25, -0.2) is 22.0 Å². The van der Waals surface area contributed by atoms with Crippen molar-refractivity contribution in [3.8, 4) is 0 Å². The third-order valence-corrected chi connectivity index (χ3v) is 6.86. The third kappa shape index (κ3) is 13.1. The highest BCUT2D eigenvalue weighted by Gasteiger charge is 2.26. The van der Waals surface area contributed by atoms with Crippen molar-refractivity contribution in [1.82, 2.24) is 0 Å². The second-order valence-electron chi connectivity index (χ2n) is 10.0. The number of aromatic carboxylic acids is 1. The summed E-state index contributed by atoms with van der Waals surface area (Å²) in [5.41, 5.74) is -1.97. The minimum absolute atomic E-state index is 1.36. The summed E-state index contributed by atoms with van der Waals surface area (Å²) in [5.74, 6) is -14.4. The van der Waals surface area contributed by atoms with Crippen LogP contribution in [0, 0.1) is 29.1 Å². The quantitative estimate of drug-likeness (QED) is 0.0588. The van der Waals surface area contributed by atoms with Crippen molar-refractivity contribution in [2.24, 2.45) is 0 Å². The SMILES string of the molecule is CCCCCCCCCC[N+](CCCC)(CCCC)CCCC.O=C([O-])c1c(F)c(F)c(F)c(F)c1F. The Balaban J connectivity index is 0.000000785. The molecule has 0 unspecified atom stereocenters. The number of benzene rings is 1. The van der Waals surface area contributed by atoms with Crippen LogP contribution in [-0.2, 0) is 0 Å². The summed E-state index contributed by atoms with van der Waals surface area (Å²) in [7, 11) is 0. The number of hydrogen-bond acceptors (Lipinski definition) is 2. The van der Waals surface area contributed by atoms with Gasteiger partial charge in [-0.05, 0) is 32.1 Å². The average molecular weight is 538 g/mol. The molecule has 1 rings (SSSR count). The van der Waals surface area contributed by atoms with Crippen LogP contribution in [0.1, 0.15) is 128 Å². The Bertz CT molecular complexity index is 722. The van der Waals surface area contributed by atoms with Crippen LogP contribution in [0.3, 0.4) is 0 Å².